The van der Waals surface area contributed by atoms with E-state index in [2.05, 4.69) is 0 Å². The lowest BCUT2D eigenvalue weighted by atomic mass is 10.1. The second-order valence-corrected chi connectivity index (χ2v) is 4.73. The van der Waals surface area contributed by atoms with Gasteiger partial charge in [0.25, 0.3) is 11.7 Å². The van der Waals surface area contributed by atoms with Crippen LogP contribution < -0.4 is 4.90 Å². The number of Topliss-reactive ketones (excluding diaryl/α,β-unsaturated/α-hetero) is 1. The van der Waals surface area contributed by atoms with Gasteiger partial charge in [0.05, 0.1) is 16.3 Å². The molecule has 0 bridgehead atoms. The van der Waals surface area contributed by atoms with E-state index in [1.54, 1.807) is 23.1 Å². The van der Waals surface area contributed by atoms with Crippen LogP contribution in [0.25, 0.3) is 0 Å². The number of ketones is 1. The molecule has 0 unspecified atom stereocenters. The minimum atomic E-state index is -0.471. The molecule has 4 heteroatoms. The fraction of sp³-hybridized carbons (Fsp3) is 0.333. The highest BCUT2D eigenvalue weighted by molar-refractivity contribution is 6.55. The SMILES string of the molecule is O=C1C(=O)N(CC2CC2)c2cccc(Cl)c21. The van der Waals surface area contributed by atoms with E-state index in [1.165, 1.54) is 0 Å². The number of carbonyl (C=O) groups excluding carboxylic acids is 2. The third kappa shape index (κ3) is 1.35. The molecule has 1 aliphatic carbocycles. The van der Waals surface area contributed by atoms with Gasteiger partial charge in [0, 0.05) is 6.54 Å². The van der Waals surface area contributed by atoms with Crippen LogP contribution in [0.3, 0.4) is 0 Å². The Bertz CT molecular complexity index is 494. The van der Waals surface area contributed by atoms with Crippen molar-refractivity contribution in [3.8, 4) is 0 Å². The zero-order valence-electron chi connectivity index (χ0n) is 8.57. The molecular weight excluding hydrogens is 226 g/mol. The average Bonchev–Trinajstić information content (AvgIpc) is 3.03. The molecular formula is C12H10ClNO2. The van der Waals surface area contributed by atoms with Gasteiger partial charge in [-0.15, -0.1) is 0 Å². The van der Waals surface area contributed by atoms with Crippen LogP contribution in [0.15, 0.2) is 18.2 Å². The van der Waals surface area contributed by atoms with Gasteiger partial charge in [-0.2, -0.15) is 0 Å². The van der Waals surface area contributed by atoms with Crippen molar-refractivity contribution in [2.75, 3.05) is 11.4 Å². The standard InChI is InChI=1S/C12H10ClNO2/c13-8-2-1-3-9-10(8)11(15)12(16)14(9)6-7-4-5-7/h1-3,7H,4-6H2. The van der Waals surface area contributed by atoms with Gasteiger partial charge in [-0.25, -0.2) is 0 Å². The van der Waals surface area contributed by atoms with Crippen LogP contribution >= 0.6 is 11.6 Å². The number of halogens is 1. The summed E-state index contributed by atoms with van der Waals surface area (Å²) >= 11 is 5.95. The van der Waals surface area contributed by atoms with E-state index in [0.29, 0.717) is 28.7 Å². The Morgan fingerprint density at radius 3 is 2.75 bits per heavy atom. The Hall–Kier alpha value is -1.35. The van der Waals surface area contributed by atoms with E-state index in [-0.39, 0.29) is 0 Å². The summed E-state index contributed by atoms with van der Waals surface area (Å²) in [6, 6.07) is 5.20. The number of fused-ring (bicyclic) bond motifs is 1. The van der Waals surface area contributed by atoms with E-state index in [9.17, 15) is 9.59 Å². The summed E-state index contributed by atoms with van der Waals surface area (Å²) < 4.78 is 0. The molecule has 82 valence electrons. The summed E-state index contributed by atoms with van der Waals surface area (Å²) in [6.07, 6.45) is 2.29. The molecule has 1 saturated carbocycles. The van der Waals surface area contributed by atoms with E-state index in [4.69, 9.17) is 11.6 Å². The van der Waals surface area contributed by atoms with E-state index in [0.717, 1.165) is 12.8 Å². The number of carbonyl (C=O) groups is 2. The Labute approximate surface area is 98.0 Å². The van der Waals surface area contributed by atoms with E-state index < -0.39 is 11.7 Å². The van der Waals surface area contributed by atoms with Crippen LogP contribution in [0.1, 0.15) is 23.2 Å². The summed E-state index contributed by atoms with van der Waals surface area (Å²) in [5, 5.41) is 0.370. The first-order valence-corrected chi connectivity index (χ1v) is 5.71. The zero-order valence-corrected chi connectivity index (χ0v) is 9.33. The van der Waals surface area contributed by atoms with Crippen molar-refractivity contribution >= 4 is 29.0 Å². The number of anilines is 1. The van der Waals surface area contributed by atoms with Gasteiger partial charge in [0.15, 0.2) is 0 Å². The van der Waals surface area contributed by atoms with Gasteiger partial charge < -0.3 is 4.90 Å². The van der Waals surface area contributed by atoms with Gasteiger partial charge >= 0.3 is 0 Å². The van der Waals surface area contributed by atoms with Crippen molar-refractivity contribution in [1.82, 2.24) is 0 Å². The molecule has 0 N–H and O–H groups in total. The normalized spacial score (nSPS) is 19.2. The van der Waals surface area contributed by atoms with Crippen LogP contribution in [-0.2, 0) is 4.79 Å². The van der Waals surface area contributed by atoms with Crippen LogP contribution in [0.5, 0.6) is 0 Å². The second-order valence-electron chi connectivity index (χ2n) is 4.32. The summed E-state index contributed by atoms with van der Waals surface area (Å²) in [4.78, 5) is 25.1. The molecule has 0 aromatic heterocycles. The average molecular weight is 236 g/mol. The van der Waals surface area contributed by atoms with Crippen molar-refractivity contribution in [3.05, 3.63) is 28.8 Å². The van der Waals surface area contributed by atoms with E-state index in [1.807, 2.05) is 0 Å². The number of rotatable bonds is 2. The number of hydrogen-bond donors (Lipinski definition) is 0. The van der Waals surface area contributed by atoms with Crippen molar-refractivity contribution in [3.63, 3.8) is 0 Å². The van der Waals surface area contributed by atoms with Gasteiger partial charge in [0.2, 0.25) is 0 Å². The van der Waals surface area contributed by atoms with Gasteiger partial charge in [-0.3, -0.25) is 9.59 Å². The summed E-state index contributed by atoms with van der Waals surface area (Å²) in [7, 11) is 0. The van der Waals surface area contributed by atoms with Gasteiger partial charge in [-0.1, -0.05) is 17.7 Å². The van der Waals surface area contributed by atoms with E-state index >= 15 is 0 Å². The second kappa shape index (κ2) is 3.32. The maximum absolute atomic E-state index is 11.8. The quantitative estimate of drug-likeness (QED) is 0.738. The summed E-state index contributed by atoms with van der Waals surface area (Å²) in [5.74, 6) is -0.349. The highest BCUT2D eigenvalue weighted by Crippen LogP contribution is 2.38. The Morgan fingerprint density at radius 2 is 2.06 bits per heavy atom. The predicted molar refractivity (Wildman–Crippen MR) is 60.9 cm³/mol. The van der Waals surface area contributed by atoms with Crippen LogP contribution in [0, 0.1) is 5.92 Å². The number of hydrogen-bond acceptors (Lipinski definition) is 2. The maximum atomic E-state index is 11.8. The minimum Gasteiger partial charge on any atom is -0.304 e. The lowest BCUT2D eigenvalue weighted by Crippen LogP contribution is -2.31. The third-order valence-electron chi connectivity index (χ3n) is 3.09. The van der Waals surface area contributed by atoms with Gasteiger partial charge in [0.1, 0.15) is 0 Å². The molecule has 0 saturated heterocycles. The smallest absolute Gasteiger partial charge is 0.299 e. The van der Waals surface area contributed by atoms with Crippen LogP contribution in [0.4, 0.5) is 5.69 Å². The van der Waals surface area contributed by atoms with Crippen molar-refractivity contribution in [2.24, 2.45) is 5.92 Å². The molecule has 0 atom stereocenters. The van der Waals surface area contributed by atoms with Crippen molar-refractivity contribution < 1.29 is 9.59 Å². The molecule has 1 aliphatic heterocycles. The highest BCUT2D eigenvalue weighted by atomic mass is 35.5. The van der Waals surface area contributed by atoms with Crippen molar-refractivity contribution in [1.29, 1.82) is 0 Å². The topological polar surface area (TPSA) is 37.4 Å². The summed E-state index contributed by atoms with van der Waals surface area (Å²) in [6.45, 7) is 0.651. The minimum absolute atomic E-state index is 0.370. The molecule has 1 aromatic carbocycles. The molecule has 3 rings (SSSR count). The lowest BCUT2D eigenvalue weighted by Gasteiger charge is -2.15. The first-order valence-electron chi connectivity index (χ1n) is 5.33. The first kappa shape index (κ1) is 9.85. The summed E-state index contributed by atoms with van der Waals surface area (Å²) in [5.41, 5.74) is 1.05. The van der Waals surface area contributed by atoms with Crippen molar-refractivity contribution in [2.45, 2.75) is 12.8 Å². The Morgan fingerprint density at radius 1 is 1.31 bits per heavy atom. The Balaban J connectivity index is 2.06. The number of amides is 1. The van der Waals surface area contributed by atoms with Crippen LogP contribution in [-0.4, -0.2) is 18.2 Å². The first-order chi connectivity index (χ1) is 7.68. The molecule has 1 aromatic rings. The lowest BCUT2D eigenvalue weighted by molar-refractivity contribution is -0.114. The maximum Gasteiger partial charge on any atom is 0.299 e. The third-order valence-corrected chi connectivity index (χ3v) is 3.40. The highest BCUT2D eigenvalue weighted by Gasteiger charge is 2.39. The molecule has 1 heterocycles. The Kier molecular flexibility index (Phi) is 2.04. The molecule has 0 radical (unpaired) electrons. The zero-order chi connectivity index (χ0) is 11.3. The van der Waals surface area contributed by atoms with Gasteiger partial charge in [-0.05, 0) is 30.9 Å². The fourth-order valence-corrected chi connectivity index (χ4v) is 2.30. The van der Waals surface area contributed by atoms with Crippen LogP contribution in [0.2, 0.25) is 5.02 Å². The monoisotopic (exact) mass is 235 g/mol. The molecule has 16 heavy (non-hydrogen) atoms. The number of nitrogens with zero attached hydrogens (tertiary/aromatic N) is 1. The number of benzene rings is 1. The molecule has 2 aliphatic rings. The molecule has 1 fully saturated rings. The molecule has 1 amide bonds. The molecule has 3 nitrogen and oxygen atoms in total. The predicted octanol–water partition coefficient (Wildman–Crippen LogP) is 2.28. The molecule has 0 spiro atoms. The fourth-order valence-electron chi connectivity index (χ4n) is 2.04. The largest absolute Gasteiger partial charge is 0.304 e.